The fourth-order valence-corrected chi connectivity index (χ4v) is 3.32. The smallest absolute Gasteiger partial charge is 0.257 e. The molecule has 3 heterocycles. The Labute approximate surface area is 146 Å². The summed E-state index contributed by atoms with van der Waals surface area (Å²) in [5, 5.41) is 8.46. The summed E-state index contributed by atoms with van der Waals surface area (Å²) in [6, 6.07) is 7.70. The average Bonchev–Trinajstić information content (AvgIpc) is 3.19. The molecular weight excluding hydrogens is 316 g/mol. The van der Waals surface area contributed by atoms with E-state index < -0.39 is 0 Å². The van der Waals surface area contributed by atoms with E-state index in [1.54, 1.807) is 0 Å². The highest BCUT2D eigenvalue weighted by Crippen LogP contribution is 2.27. The van der Waals surface area contributed by atoms with Crippen LogP contribution in [-0.4, -0.2) is 26.9 Å². The summed E-state index contributed by atoms with van der Waals surface area (Å²) in [4.78, 5) is 12.5. The highest BCUT2D eigenvalue weighted by Gasteiger charge is 2.19. The summed E-state index contributed by atoms with van der Waals surface area (Å²) in [7, 11) is 1.93. The van der Waals surface area contributed by atoms with Crippen molar-refractivity contribution in [2.24, 2.45) is 7.05 Å². The van der Waals surface area contributed by atoms with E-state index in [4.69, 9.17) is 4.74 Å². The van der Waals surface area contributed by atoms with Crippen molar-refractivity contribution in [3.63, 3.8) is 0 Å². The van der Waals surface area contributed by atoms with Crippen molar-refractivity contribution in [3.8, 4) is 0 Å². The molecule has 3 aromatic rings. The van der Waals surface area contributed by atoms with E-state index in [0.717, 1.165) is 48.2 Å². The molecule has 130 valence electrons. The van der Waals surface area contributed by atoms with E-state index in [0.29, 0.717) is 5.56 Å². The Morgan fingerprint density at radius 1 is 1.32 bits per heavy atom. The lowest BCUT2D eigenvalue weighted by molar-refractivity contribution is -0.0366. The molecule has 6 heteroatoms. The van der Waals surface area contributed by atoms with Crippen LogP contribution in [0.2, 0.25) is 0 Å². The standard InChI is InChI=1S/C19H22N4O2/c1-13-16(8-9-22(13)2)19(24)21-15-6-7-17-14(11-15)12-20-23(17)18-5-3-4-10-25-18/h6-9,11-12,18H,3-5,10H2,1-2H3,(H,21,24). The molecule has 1 N–H and O–H groups in total. The average molecular weight is 338 g/mol. The van der Waals surface area contributed by atoms with Crippen molar-refractivity contribution < 1.29 is 9.53 Å². The molecule has 6 nitrogen and oxygen atoms in total. The molecule has 1 aliphatic heterocycles. The van der Waals surface area contributed by atoms with Gasteiger partial charge in [0.2, 0.25) is 0 Å². The topological polar surface area (TPSA) is 61.1 Å². The maximum Gasteiger partial charge on any atom is 0.257 e. The highest BCUT2D eigenvalue weighted by atomic mass is 16.5. The van der Waals surface area contributed by atoms with Crippen molar-refractivity contribution in [1.82, 2.24) is 14.3 Å². The number of carbonyl (C=O) groups is 1. The minimum Gasteiger partial charge on any atom is -0.356 e. The molecule has 1 unspecified atom stereocenters. The van der Waals surface area contributed by atoms with Gasteiger partial charge in [0.15, 0.2) is 6.23 Å². The summed E-state index contributed by atoms with van der Waals surface area (Å²) >= 11 is 0. The molecule has 0 radical (unpaired) electrons. The van der Waals surface area contributed by atoms with Crippen LogP contribution >= 0.6 is 0 Å². The third-order valence-electron chi connectivity index (χ3n) is 4.91. The first kappa shape index (κ1) is 15.9. The molecule has 1 atom stereocenters. The van der Waals surface area contributed by atoms with E-state index >= 15 is 0 Å². The lowest BCUT2D eigenvalue weighted by Gasteiger charge is -2.23. The van der Waals surface area contributed by atoms with Gasteiger partial charge in [0.05, 0.1) is 17.3 Å². The first-order chi connectivity index (χ1) is 12.1. The maximum absolute atomic E-state index is 12.5. The number of ether oxygens (including phenoxy) is 1. The van der Waals surface area contributed by atoms with Crippen LogP contribution in [0, 0.1) is 6.92 Å². The zero-order chi connectivity index (χ0) is 17.4. The number of hydrogen-bond acceptors (Lipinski definition) is 3. The number of rotatable bonds is 3. The van der Waals surface area contributed by atoms with Crippen LogP contribution in [0.3, 0.4) is 0 Å². The zero-order valence-corrected chi connectivity index (χ0v) is 14.5. The summed E-state index contributed by atoms with van der Waals surface area (Å²) in [5.74, 6) is -0.0968. The number of nitrogens with one attached hydrogen (secondary N) is 1. The number of anilines is 1. The number of hydrogen-bond donors (Lipinski definition) is 1. The number of nitrogens with zero attached hydrogens (tertiary/aromatic N) is 3. The lowest BCUT2D eigenvalue weighted by atomic mass is 10.1. The number of carbonyl (C=O) groups excluding carboxylic acids is 1. The molecule has 4 rings (SSSR count). The Bertz CT molecular complexity index is 919. The lowest BCUT2D eigenvalue weighted by Crippen LogP contribution is -2.18. The first-order valence-electron chi connectivity index (χ1n) is 8.65. The van der Waals surface area contributed by atoms with Crippen LogP contribution in [0.25, 0.3) is 10.9 Å². The van der Waals surface area contributed by atoms with Crippen molar-refractivity contribution >= 4 is 22.5 Å². The van der Waals surface area contributed by atoms with Crippen LogP contribution in [0.15, 0.2) is 36.7 Å². The van der Waals surface area contributed by atoms with Crippen molar-refractivity contribution in [3.05, 3.63) is 47.9 Å². The quantitative estimate of drug-likeness (QED) is 0.793. The van der Waals surface area contributed by atoms with Gasteiger partial charge in [-0.3, -0.25) is 4.79 Å². The molecule has 1 amide bonds. The predicted octanol–water partition coefficient (Wildman–Crippen LogP) is 3.63. The third kappa shape index (κ3) is 2.93. The molecule has 1 saturated heterocycles. The summed E-state index contributed by atoms with van der Waals surface area (Å²) < 4.78 is 9.71. The Kier molecular flexibility index (Phi) is 4.05. The van der Waals surface area contributed by atoms with Crippen LogP contribution in [0.1, 0.15) is 41.5 Å². The van der Waals surface area contributed by atoms with Crippen LogP contribution in [-0.2, 0) is 11.8 Å². The second kappa shape index (κ2) is 6.37. The summed E-state index contributed by atoms with van der Waals surface area (Å²) in [6.45, 7) is 2.73. The number of amides is 1. The number of fused-ring (bicyclic) bond motifs is 1. The first-order valence-corrected chi connectivity index (χ1v) is 8.65. The van der Waals surface area contributed by atoms with E-state index in [1.165, 1.54) is 0 Å². The fraction of sp³-hybridized carbons (Fsp3) is 0.368. The second-order valence-corrected chi connectivity index (χ2v) is 6.56. The number of aromatic nitrogens is 3. The molecule has 1 aromatic carbocycles. The minimum atomic E-state index is -0.0968. The van der Waals surface area contributed by atoms with Gasteiger partial charge in [-0.15, -0.1) is 0 Å². The van der Waals surface area contributed by atoms with Gasteiger partial charge in [-0.2, -0.15) is 5.10 Å². The Balaban J connectivity index is 1.57. The molecule has 25 heavy (non-hydrogen) atoms. The normalized spacial score (nSPS) is 17.8. The number of benzene rings is 1. The molecule has 2 aromatic heterocycles. The van der Waals surface area contributed by atoms with Crippen LogP contribution in [0.4, 0.5) is 5.69 Å². The predicted molar refractivity (Wildman–Crippen MR) is 96.7 cm³/mol. The van der Waals surface area contributed by atoms with Crippen molar-refractivity contribution in [2.45, 2.75) is 32.4 Å². The zero-order valence-electron chi connectivity index (χ0n) is 14.5. The van der Waals surface area contributed by atoms with Gasteiger partial charge in [0.25, 0.3) is 5.91 Å². The number of aryl methyl sites for hydroxylation is 1. The molecule has 0 spiro atoms. The van der Waals surface area contributed by atoms with Crippen molar-refractivity contribution in [2.75, 3.05) is 11.9 Å². The van der Waals surface area contributed by atoms with Gasteiger partial charge < -0.3 is 14.6 Å². The molecule has 0 saturated carbocycles. The van der Waals surface area contributed by atoms with Gasteiger partial charge >= 0.3 is 0 Å². The van der Waals surface area contributed by atoms with Gasteiger partial charge in [-0.1, -0.05) is 0 Å². The Morgan fingerprint density at radius 3 is 2.92 bits per heavy atom. The third-order valence-corrected chi connectivity index (χ3v) is 4.91. The Hall–Kier alpha value is -2.60. The Morgan fingerprint density at radius 2 is 2.20 bits per heavy atom. The van der Waals surface area contributed by atoms with E-state index in [-0.39, 0.29) is 12.1 Å². The van der Waals surface area contributed by atoms with Crippen LogP contribution in [0.5, 0.6) is 0 Å². The van der Waals surface area contributed by atoms with E-state index in [1.807, 2.05) is 59.9 Å². The van der Waals surface area contributed by atoms with Gasteiger partial charge in [-0.25, -0.2) is 4.68 Å². The van der Waals surface area contributed by atoms with E-state index in [2.05, 4.69) is 10.4 Å². The summed E-state index contributed by atoms with van der Waals surface area (Å²) in [6.07, 6.45) is 7.00. The molecule has 1 aliphatic rings. The SMILES string of the molecule is Cc1c(C(=O)Nc2ccc3c(cnn3C3CCCCO3)c2)ccn1C. The van der Waals surface area contributed by atoms with Gasteiger partial charge in [0.1, 0.15) is 0 Å². The van der Waals surface area contributed by atoms with Crippen LogP contribution < -0.4 is 5.32 Å². The highest BCUT2D eigenvalue weighted by molar-refractivity contribution is 6.05. The monoisotopic (exact) mass is 338 g/mol. The van der Waals surface area contributed by atoms with E-state index in [9.17, 15) is 4.79 Å². The minimum absolute atomic E-state index is 0.0126. The largest absolute Gasteiger partial charge is 0.356 e. The molecular formula is C19H22N4O2. The maximum atomic E-state index is 12.5. The molecule has 0 bridgehead atoms. The van der Waals surface area contributed by atoms with Gasteiger partial charge in [0, 0.05) is 36.6 Å². The summed E-state index contributed by atoms with van der Waals surface area (Å²) in [5.41, 5.74) is 3.43. The van der Waals surface area contributed by atoms with Crippen molar-refractivity contribution in [1.29, 1.82) is 0 Å². The fourth-order valence-electron chi connectivity index (χ4n) is 3.32. The molecule has 1 fully saturated rings. The van der Waals surface area contributed by atoms with Gasteiger partial charge in [-0.05, 0) is 50.5 Å². The second-order valence-electron chi connectivity index (χ2n) is 6.56. The molecule has 0 aliphatic carbocycles.